The van der Waals surface area contributed by atoms with E-state index in [9.17, 15) is 13.6 Å². The Bertz CT molecular complexity index is 1420. The molecule has 1 aliphatic rings. The van der Waals surface area contributed by atoms with Crippen LogP contribution in [-0.2, 0) is 9.53 Å². The van der Waals surface area contributed by atoms with E-state index in [-0.39, 0.29) is 23.2 Å². The van der Waals surface area contributed by atoms with Gasteiger partial charge in [0.05, 0.1) is 30.8 Å². The second kappa shape index (κ2) is 9.47. The van der Waals surface area contributed by atoms with Crippen LogP contribution in [0.4, 0.5) is 31.8 Å². The molecule has 0 aliphatic carbocycles. The zero-order chi connectivity index (χ0) is 24.4. The topological polar surface area (TPSA) is 105 Å². The van der Waals surface area contributed by atoms with Gasteiger partial charge in [-0.2, -0.15) is 0 Å². The molecule has 0 bridgehead atoms. The fourth-order valence-corrected chi connectivity index (χ4v) is 3.74. The van der Waals surface area contributed by atoms with Gasteiger partial charge in [-0.05, 0) is 30.3 Å². The number of carbonyl (C=O) groups excluding carboxylic acids is 1. The maximum atomic E-state index is 14.9. The Labute approximate surface area is 198 Å². The molecule has 1 amide bonds. The van der Waals surface area contributed by atoms with E-state index in [1.807, 2.05) is 0 Å². The highest BCUT2D eigenvalue weighted by atomic mass is 19.2. The van der Waals surface area contributed by atoms with Gasteiger partial charge in [0.2, 0.25) is 17.4 Å². The molecule has 0 saturated carbocycles. The average Bonchev–Trinajstić information content (AvgIpc) is 3.31. The first-order chi connectivity index (χ1) is 17.0. The van der Waals surface area contributed by atoms with Crippen molar-refractivity contribution in [1.29, 1.82) is 0 Å². The molecule has 1 saturated heterocycles. The molecule has 2 aromatic heterocycles. The summed E-state index contributed by atoms with van der Waals surface area (Å²) < 4.78 is 40.2. The molecule has 0 radical (unpaired) electrons. The van der Waals surface area contributed by atoms with Gasteiger partial charge in [-0.1, -0.05) is 23.9 Å². The largest absolute Gasteiger partial charge is 0.378 e. The number of nitrogens with zero attached hydrogens (tertiary/aromatic N) is 4. The molecular weight excluding hydrogens is 458 g/mol. The lowest BCUT2D eigenvalue weighted by Gasteiger charge is -2.29. The third-order valence-electron chi connectivity index (χ3n) is 5.46. The second-order valence-corrected chi connectivity index (χ2v) is 7.70. The maximum absolute atomic E-state index is 14.9. The lowest BCUT2D eigenvalue weighted by atomic mass is 10.1. The SMILES string of the molecule is C=CC(=O)Nc1cccc(-c2noc3cnc(Nc4ccc(N5CCOCC5)c(F)c4F)nc23)c1. The van der Waals surface area contributed by atoms with Gasteiger partial charge < -0.3 is 24.8 Å². The quantitative estimate of drug-likeness (QED) is 0.396. The molecule has 0 unspecified atom stereocenters. The first-order valence-electron chi connectivity index (χ1n) is 10.8. The van der Waals surface area contributed by atoms with Crippen molar-refractivity contribution < 1.29 is 22.8 Å². The fourth-order valence-electron chi connectivity index (χ4n) is 3.74. The Kier molecular flexibility index (Phi) is 6.06. The summed E-state index contributed by atoms with van der Waals surface area (Å²) in [7, 11) is 0. The van der Waals surface area contributed by atoms with Gasteiger partial charge in [-0.25, -0.2) is 18.7 Å². The Morgan fingerprint density at radius 1 is 1.14 bits per heavy atom. The number of morpholine rings is 1. The molecular formula is C24H20F2N6O3. The molecule has 2 aromatic carbocycles. The Morgan fingerprint density at radius 2 is 1.97 bits per heavy atom. The second-order valence-electron chi connectivity index (χ2n) is 7.70. The lowest BCUT2D eigenvalue weighted by Crippen LogP contribution is -2.36. The van der Waals surface area contributed by atoms with Gasteiger partial charge in [0.15, 0.2) is 11.6 Å². The standard InChI is InChI=1S/C24H20F2N6O3/c1-2-19(33)28-15-5-3-4-14(12-15)22-23-18(35-31-22)13-27-24(30-23)29-16-6-7-17(21(26)20(16)25)32-8-10-34-11-9-32/h2-7,12-13H,1,8-11H2,(H,28,33)(H,27,29,30). The molecule has 0 atom stereocenters. The average molecular weight is 478 g/mol. The van der Waals surface area contributed by atoms with Crippen molar-refractivity contribution in [1.82, 2.24) is 15.1 Å². The zero-order valence-corrected chi connectivity index (χ0v) is 18.4. The van der Waals surface area contributed by atoms with Crippen LogP contribution in [0.3, 0.4) is 0 Å². The number of halogens is 2. The number of hydrogen-bond acceptors (Lipinski definition) is 8. The predicted octanol–water partition coefficient (Wildman–Crippen LogP) is 4.27. The summed E-state index contributed by atoms with van der Waals surface area (Å²) in [5.74, 6) is -2.30. The number of aromatic nitrogens is 3. The van der Waals surface area contributed by atoms with E-state index < -0.39 is 11.6 Å². The van der Waals surface area contributed by atoms with Crippen molar-refractivity contribution in [2.45, 2.75) is 0 Å². The number of amides is 1. The molecule has 3 heterocycles. The minimum absolute atomic E-state index is 0.0375. The Morgan fingerprint density at radius 3 is 2.77 bits per heavy atom. The molecule has 1 aliphatic heterocycles. The number of nitrogens with one attached hydrogen (secondary N) is 2. The van der Waals surface area contributed by atoms with Crippen molar-refractivity contribution in [3.63, 3.8) is 0 Å². The van der Waals surface area contributed by atoms with Crippen molar-refractivity contribution in [3.05, 3.63) is 66.9 Å². The summed E-state index contributed by atoms with van der Waals surface area (Å²) in [6, 6.07) is 9.88. The summed E-state index contributed by atoms with van der Waals surface area (Å²) in [5.41, 5.74) is 2.30. The molecule has 2 N–H and O–H groups in total. The zero-order valence-electron chi connectivity index (χ0n) is 18.4. The number of benzene rings is 2. The van der Waals surface area contributed by atoms with E-state index >= 15 is 0 Å². The first kappa shape index (κ1) is 22.4. The molecule has 35 heavy (non-hydrogen) atoms. The van der Waals surface area contributed by atoms with Gasteiger partial charge in [-0.15, -0.1) is 0 Å². The van der Waals surface area contributed by atoms with Crippen molar-refractivity contribution in [2.75, 3.05) is 41.8 Å². The molecule has 5 rings (SSSR count). The Hall–Kier alpha value is -4.38. The minimum Gasteiger partial charge on any atom is -0.378 e. The summed E-state index contributed by atoms with van der Waals surface area (Å²) in [4.78, 5) is 21.9. The smallest absolute Gasteiger partial charge is 0.247 e. The third-order valence-corrected chi connectivity index (χ3v) is 5.46. The first-order valence-corrected chi connectivity index (χ1v) is 10.8. The summed E-state index contributed by atoms with van der Waals surface area (Å²) in [5, 5.41) is 9.47. The van der Waals surface area contributed by atoms with Crippen LogP contribution < -0.4 is 15.5 Å². The molecule has 0 spiro atoms. The summed E-state index contributed by atoms with van der Waals surface area (Å²) in [6.45, 7) is 5.32. The fraction of sp³-hybridized carbons (Fsp3) is 0.167. The van der Waals surface area contributed by atoms with Crippen LogP contribution in [0.1, 0.15) is 0 Å². The Balaban J connectivity index is 1.44. The van der Waals surface area contributed by atoms with E-state index in [0.29, 0.717) is 54.3 Å². The van der Waals surface area contributed by atoms with Crippen molar-refractivity contribution >= 4 is 40.0 Å². The number of ether oxygens (including phenoxy) is 1. The molecule has 1 fully saturated rings. The number of hydrogen-bond donors (Lipinski definition) is 2. The van der Waals surface area contributed by atoms with E-state index in [0.717, 1.165) is 0 Å². The van der Waals surface area contributed by atoms with E-state index in [1.165, 1.54) is 24.4 Å². The van der Waals surface area contributed by atoms with E-state index in [1.54, 1.807) is 29.2 Å². The van der Waals surface area contributed by atoms with Crippen molar-refractivity contribution in [3.8, 4) is 11.3 Å². The van der Waals surface area contributed by atoms with Crippen LogP contribution in [0.5, 0.6) is 0 Å². The molecule has 178 valence electrons. The number of rotatable bonds is 6. The lowest BCUT2D eigenvalue weighted by molar-refractivity contribution is -0.111. The van der Waals surface area contributed by atoms with Gasteiger partial charge in [0.25, 0.3) is 0 Å². The van der Waals surface area contributed by atoms with E-state index in [4.69, 9.17) is 9.26 Å². The number of carbonyl (C=O) groups is 1. The van der Waals surface area contributed by atoms with Crippen LogP contribution in [0.2, 0.25) is 0 Å². The van der Waals surface area contributed by atoms with Crippen molar-refractivity contribution in [2.24, 2.45) is 0 Å². The highest BCUT2D eigenvalue weighted by molar-refractivity contribution is 5.99. The van der Waals surface area contributed by atoms with Gasteiger partial charge in [0, 0.05) is 24.3 Å². The number of anilines is 4. The van der Waals surface area contributed by atoms with Gasteiger partial charge >= 0.3 is 0 Å². The van der Waals surface area contributed by atoms with Crippen LogP contribution in [0, 0.1) is 11.6 Å². The van der Waals surface area contributed by atoms with E-state index in [2.05, 4.69) is 32.3 Å². The summed E-state index contributed by atoms with van der Waals surface area (Å²) >= 11 is 0. The monoisotopic (exact) mass is 478 g/mol. The molecule has 4 aromatic rings. The number of fused-ring (bicyclic) bond motifs is 1. The third kappa shape index (κ3) is 4.53. The molecule has 9 nitrogen and oxygen atoms in total. The predicted molar refractivity (Wildman–Crippen MR) is 127 cm³/mol. The molecule has 11 heteroatoms. The minimum atomic E-state index is -1.03. The summed E-state index contributed by atoms with van der Waals surface area (Å²) in [6.07, 6.45) is 2.56. The van der Waals surface area contributed by atoms with Gasteiger partial charge in [-0.3, -0.25) is 4.79 Å². The maximum Gasteiger partial charge on any atom is 0.247 e. The van der Waals surface area contributed by atoms with Crippen LogP contribution in [0.25, 0.3) is 22.4 Å². The highest BCUT2D eigenvalue weighted by Gasteiger charge is 2.21. The highest BCUT2D eigenvalue weighted by Crippen LogP contribution is 2.31. The van der Waals surface area contributed by atoms with Crippen LogP contribution in [0.15, 0.2) is 59.8 Å². The van der Waals surface area contributed by atoms with Crippen LogP contribution >= 0.6 is 0 Å². The normalized spacial score (nSPS) is 13.6. The van der Waals surface area contributed by atoms with Crippen LogP contribution in [-0.4, -0.2) is 47.3 Å². The van der Waals surface area contributed by atoms with Gasteiger partial charge in [0.1, 0.15) is 11.2 Å².